The molecule has 0 bridgehead atoms. The Morgan fingerprint density at radius 1 is 1.17 bits per heavy atom. The van der Waals surface area contributed by atoms with E-state index in [2.05, 4.69) is 15.5 Å². The molecule has 0 radical (unpaired) electrons. The number of hydrazone groups is 1. The summed E-state index contributed by atoms with van der Waals surface area (Å²) >= 11 is 7.04. The Morgan fingerprint density at radius 3 is 2.69 bits per heavy atom. The fourth-order valence-corrected chi connectivity index (χ4v) is 4.28. The molecule has 0 fully saturated rings. The Labute approximate surface area is 209 Å². The third kappa shape index (κ3) is 5.70. The van der Waals surface area contributed by atoms with Crippen molar-refractivity contribution < 1.29 is 13.9 Å². The van der Waals surface area contributed by atoms with Crippen molar-refractivity contribution >= 4 is 46.4 Å². The minimum absolute atomic E-state index is 0.0719. The summed E-state index contributed by atoms with van der Waals surface area (Å²) in [5, 5.41) is 4.77. The van der Waals surface area contributed by atoms with Gasteiger partial charge in [0.25, 0.3) is 11.5 Å². The fourth-order valence-electron chi connectivity index (χ4n) is 3.26. The first kappa shape index (κ1) is 24.4. The number of nitrogens with one attached hydrogen (secondary N) is 1. The third-order valence-corrected chi connectivity index (χ3v) is 6.13. The first-order chi connectivity index (χ1) is 17.0. The molecular formula is C25H20ClFN4O3S. The van der Waals surface area contributed by atoms with Crippen LogP contribution in [0.1, 0.15) is 12.5 Å². The van der Waals surface area contributed by atoms with Gasteiger partial charge in [0.2, 0.25) is 0 Å². The number of carbonyl (C=O) groups is 1. The van der Waals surface area contributed by atoms with Crippen LogP contribution in [0.25, 0.3) is 16.6 Å². The predicted molar refractivity (Wildman–Crippen MR) is 136 cm³/mol. The zero-order valence-corrected chi connectivity index (χ0v) is 20.1. The van der Waals surface area contributed by atoms with E-state index in [1.807, 2.05) is 6.92 Å². The highest BCUT2D eigenvalue weighted by Gasteiger charge is 2.15. The number of thioether (sulfide) groups is 1. The van der Waals surface area contributed by atoms with Crippen LogP contribution in [0.3, 0.4) is 0 Å². The Morgan fingerprint density at radius 2 is 1.94 bits per heavy atom. The van der Waals surface area contributed by atoms with Crippen molar-refractivity contribution in [3.05, 3.63) is 93.5 Å². The predicted octanol–water partition coefficient (Wildman–Crippen LogP) is 4.82. The molecular weight excluding hydrogens is 491 g/mol. The minimum atomic E-state index is -0.551. The van der Waals surface area contributed by atoms with Crippen molar-refractivity contribution in [1.82, 2.24) is 15.0 Å². The molecule has 35 heavy (non-hydrogen) atoms. The molecule has 4 aromatic rings. The van der Waals surface area contributed by atoms with Crippen LogP contribution in [-0.2, 0) is 4.79 Å². The summed E-state index contributed by atoms with van der Waals surface area (Å²) in [6.07, 6.45) is 1.14. The van der Waals surface area contributed by atoms with Gasteiger partial charge >= 0.3 is 0 Å². The number of hydrogen-bond donors (Lipinski definition) is 1. The maximum atomic E-state index is 13.8. The molecule has 1 heterocycles. The van der Waals surface area contributed by atoms with Crippen molar-refractivity contribution in [3.63, 3.8) is 0 Å². The van der Waals surface area contributed by atoms with Gasteiger partial charge in [-0.05, 0) is 55.5 Å². The van der Waals surface area contributed by atoms with Crippen LogP contribution in [0.5, 0.6) is 5.75 Å². The van der Waals surface area contributed by atoms with Crippen molar-refractivity contribution in [3.8, 4) is 11.4 Å². The number of halogens is 2. The molecule has 0 aliphatic rings. The molecule has 0 unspecified atom stereocenters. The number of benzene rings is 3. The number of amides is 1. The molecule has 7 nitrogen and oxygen atoms in total. The number of para-hydroxylation sites is 1. The lowest BCUT2D eigenvalue weighted by atomic mass is 10.2. The molecule has 0 aliphatic heterocycles. The fraction of sp³-hybridized carbons (Fsp3) is 0.120. The number of aromatic nitrogens is 2. The topological polar surface area (TPSA) is 85.6 Å². The lowest BCUT2D eigenvalue weighted by Crippen LogP contribution is -2.24. The number of nitrogens with zero attached hydrogens (tertiary/aromatic N) is 3. The zero-order chi connectivity index (χ0) is 24.8. The summed E-state index contributed by atoms with van der Waals surface area (Å²) in [5.74, 6) is -0.409. The van der Waals surface area contributed by atoms with Crippen LogP contribution in [-0.4, -0.2) is 34.0 Å². The summed E-state index contributed by atoms with van der Waals surface area (Å²) in [6, 6.07) is 18.3. The molecule has 4 rings (SSSR count). The van der Waals surface area contributed by atoms with Crippen LogP contribution in [0.4, 0.5) is 4.39 Å². The summed E-state index contributed by atoms with van der Waals surface area (Å²) in [7, 11) is 0. The van der Waals surface area contributed by atoms with E-state index >= 15 is 0 Å². The standard InChI is InChI=1S/C25H20ClFN4O3S/c1-2-34-17-12-10-16(11-13-17)31-24(33)18-6-3-4-9-22(18)29-25(31)35-15-23(32)30-28-14-19-20(26)7-5-8-21(19)27/h3-14H,2,15H2,1H3,(H,30,32). The van der Waals surface area contributed by atoms with Gasteiger partial charge in [-0.15, -0.1) is 0 Å². The quantitative estimate of drug-likeness (QED) is 0.159. The van der Waals surface area contributed by atoms with E-state index in [1.165, 1.54) is 22.8 Å². The lowest BCUT2D eigenvalue weighted by Gasteiger charge is -2.13. The lowest BCUT2D eigenvalue weighted by molar-refractivity contribution is -0.118. The van der Waals surface area contributed by atoms with Gasteiger partial charge in [-0.1, -0.05) is 41.6 Å². The monoisotopic (exact) mass is 510 g/mol. The number of hydrogen-bond acceptors (Lipinski definition) is 6. The van der Waals surface area contributed by atoms with Crippen LogP contribution in [0, 0.1) is 5.82 Å². The van der Waals surface area contributed by atoms with E-state index in [0.29, 0.717) is 34.1 Å². The first-order valence-electron chi connectivity index (χ1n) is 10.6. The van der Waals surface area contributed by atoms with E-state index in [0.717, 1.165) is 18.0 Å². The van der Waals surface area contributed by atoms with E-state index in [1.54, 1.807) is 48.5 Å². The second-order valence-corrected chi connectivity index (χ2v) is 8.55. The number of carbonyl (C=O) groups excluding carboxylic acids is 1. The molecule has 178 valence electrons. The van der Waals surface area contributed by atoms with Crippen LogP contribution in [0.15, 0.2) is 81.8 Å². The summed E-state index contributed by atoms with van der Waals surface area (Å²) in [5.41, 5.74) is 3.27. The summed E-state index contributed by atoms with van der Waals surface area (Å²) in [4.78, 5) is 30.3. The largest absolute Gasteiger partial charge is 0.494 e. The van der Waals surface area contributed by atoms with Gasteiger partial charge in [-0.25, -0.2) is 14.8 Å². The molecule has 1 N–H and O–H groups in total. The van der Waals surface area contributed by atoms with Crippen molar-refractivity contribution in [1.29, 1.82) is 0 Å². The molecule has 0 spiro atoms. The normalized spacial score (nSPS) is 11.2. The smallest absolute Gasteiger partial charge is 0.266 e. The van der Waals surface area contributed by atoms with Gasteiger partial charge in [0, 0.05) is 5.56 Å². The highest BCUT2D eigenvalue weighted by molar-refractivity contribution is 7.99. The van der Waals surface area contributed by atoms with Gasteiger partial charge in [0.1, 0.15) is 11.6 Å². The number of rotatable bonds is 8. The highest BCUT2D eigenvalue weighted by Crippen LogP contribution is 2.23. The van der Waals surface area contributed by atoms with Gasteiger partial charge in [-0.2, -0.15) is 5.10 Å². The molecule has 1 aromatic heterocycles. The van der Waals surface area contributed by atoms with Gasteiger partial charge in [-0.3, -0.25) is 14.2 Å². The molecule has 0 saturated heterocycles. The highest BCUT2D eigenvalue weighted by atomic mass is 35.5. The van der Waals surface area contributed by atoms with Crippen molar-refractivity contribution in [2.75, 3.05) is 12.4 Å². The molecule has 0 saturated carbocycles. The average molecular weight is 511 g/mol. The van der Waals surface area contributed by atoms with Crippen LogP contribution < -0.4 is 15.7 Å². The summed E-state index contributed by atoms with van der Waals surface area (Å²) in [6.45, 7) is 2.42. The SMILES string of the molecule is CCOc1ccc(-n2c(SCC(=O)NN=Cc3c(F)cccc3Cl)nc3ccccc3c2=O)cc1. The molecule has 3 aromatic carbocycles. The van der Waals surface area contributed by atoms with Crippen LogP contribution in [0.2, 0.25) is 5.02 Å². The second kappa shape index (κ2) is 11.2. The van der Waals surface area contributed by atoms with Gasteiger partial charge in [0.05, 0.1) is 40.2 Å². The maximum absolute atomic E-state index is 13.8. The van der Waals surface area contributed by atoms with E-state index in [9.17, 15) is 14.0 Å². The molecule has 1 amide bonds. The Kier molecular flexibility index (Phi) is 7.79. The van der Waals surface area contributed by atoms with E-state index in [4.69, 9.17) is 16.3 Å². The maximum Gasteiger partial charge on any atom is 0.266 e. The minimum Gasteiger partial charge on any atom is -0.494 e. The van der Waals surface area contributed by atoms with E-state index < -0.39 is 11.7 Å². The number of fused-ring (bicyclic) bond motifs is 1. The second-order valence-electron chi connectivity index (χ2n) is 7.20. The van der Waals surface area contributed by atoms with E-state index in [-0.39, 0.29) is 21.9 Å². The van der Waals surface area contributed by atoms with Gasteiger partial charge in [0.15, 0.2) is 5.16 Å². The molecule has 0 aliphatic carbocycles. The number of ether oxygens (including phenoxy) is 1. The third-order valence-electron chi connectivity index (χ3n) is 4.87. The Bertz CT molecular complexity index is 1440. The first-order valence-corrected chi connectivity index (χ1v) is 12.0. The summed E-state index contributed by atoms with van der Waals surface area (Å²) < 4.78 is 20.8. The molecule has 0 atom stereocenters. The average Bonchev–Trinajstić information content (AvgIpc) is 2.85. The zero-order valence-electron chi connectivity index (χ0n) is 18.6. The van der Waals surface area contributed by atoms with Crippen molar-refractivity contribution in [2.24, 2.45) is 5.10 Å². The van der Waals surface area contributed by atoms with Gasteiger partial charge < -0.3 is 4.74 Å². The van der Waals surface area contributed by atoms with Crippen molar-refractivity contribution in [2.45, 2.75) is 12.1 Å². The molecule has 10 heteroatoms. The Balaban J connectivity index is 1.57. The Hall–Kier alpha value is -3.69. The van der Waals surface area contributed by atoms with Crippen LogP contribution >= 0.6 is 23.4 Å².